The number of nitrogens with one attached hydrogen (secondary N) is 1. The summed E-state index contributed by atoms with van der Waals surface area (Å²) in [5.41, 5.74) is 4.37. The predicted octanol–water partition coefficient (Wildman–Crippen LogP) is 2.63. The van der Waals surface area contributed by atoms with Crippen LogP contribution in [0.15, 0.2) is 18.3 Å². The van der Waals surface area contributed by atoms with Crippen LogP contribution in [0.4, 0.5) is 13.2 Å². The van der Waals surface area contributed by atoms with Gasteiger partial charge in [-0.05, 0) is 17.5 Å². The molecule has 1 unspecified atom stereocenters. The molecule has 0 aromatic carbocycles. The van der Waals surface area contributed by atoms with E-state index in [0.717, 1.165) is 12.1 Å². The molecule has 4 nitrogen and oxygen atoms in total. The van der Waals surface area contributed by atoms with Gasteiger partial charge in [-0.2, -0.15) is 13.2 Å². The van der Waals surface area contributed by atoms with E-state index in [1.807, 2.05) is 20.8 Å². The van der Waals surface area contributed by atoms with Gasteiger partial charge < -0.3 is 11.1 Å². The minimum Gasteiger partial charge on any atom is -0.346 e. The van der Waals surface area contributed by atoms with Crippen molar-refractivity contribution in [3.05, 3.63) is 29.6 Å². The Morgan fingerprint density at radius 1 is 1.33 bits per heavy atom. The highest BCUT2D eigenvalue weighted by atomic mass is 35.5. The standard InChI is InChI=1S/C13H18F3N3O.ClH/c1-12(2,3)10(6-17)19-11(20)9-5-4-8(7-18-9)13(14,15)16;/h4-5,7,10H,6,17H2,1-3H3,(H,19,20);1H. The molecule has 21 heavy (non-hydrogen) atoms. The van der Waals surface area contributed by atoms with Crippen molar-refractivity contribution in [3.8, 4) is 0 Å². The molecule has 0 fully saturated rings. The lowest BCUT2D eigenvalue weighted by Gasteiger charge is -2.30. The topological polar surface area (TPSA) is 68.0 Å². The van der Waals surface area contributed by atoms with Gasteiger partial charge in [0.2, 0.25) is 0 Å². The first-order chi connectivity index (χ1) is 9.05. The van der Waals surface area contributed by atoms with Gasteiger partial charge in [0.15, 0.2) is 0 Å². The number of rotatable bonds is 3. The molecule has 0 radical (unpaired) electrons. The summed E-state index contributed by atoms with van der Waals surface area (Å²) in [6.07, 6.45) is -3.82. The summed E-state index contributed by atoms with van der Waals surface area (Å²) < 4.78 is 37.2. The Bertz CT molecular complexity index is 469. The summed E-state index contributed by atoms with van der Waals surface area (Å²) in [5.74, 6) is -0.538. The van der Waals surface area contributed by atoms with Gasteiger partial charge in [-0.3, -0.25) is 9.78 Å². The van der Waals surface area contributed by atoms with Crippen molar-refractivity contribution in [2.75, 3.05) is 6.54 Å². The molecule has 0 saturated carbocycles. The molecular formula is C13H19ClF3N3O. The first-order valence-corrected chi connectivity index (χ1v) is 6.10. The number of aromatic nitrogens is 1. The van der Waals surface area contributed by atoms with Crippen molar-refractivity contribution in [2.24, 2.45) is 11.1 Å². The van der Waals surface area contributed by atoms with E-state index in [1.165, 1.54) is 0 Å². The second kappa shape index (κ2) is 7.09. The highest BCUT2D eigenvalue weighted by molar-refractivity contribution is 5.92. The number of nitrogens with two attached hydrogens (primary N) is 1. The maximum Gasteiger partial charge on any atom is 0.417 e. The highest BCUT2D eigenvalue weighted by Crippen LogP contribution is 2.28. The van der Waals surface area contributed by atoms with Crippen LogP contribution in [-0.4, -0.2) is 23.5 Å². The molecule has 0 aliphatic rings. The third-order valence-electron chi connectivity index (χ3n) is 2.91. The predicted molar refractivity (Wildman–Crippen MR) is 76.3 cm³/mol. The van der Waals surface area contributed by atoms with Gasteiger partial charge in [-0.25, -0.2) is 0 Å². The van der Waals surface area contributed by atoms with Crippen LogP contribution in [0.2, 0.25) is 0 Å². The van der Waals surface area contributed by atoms with Crippen molar-refractivity contribution in [3.63, 3.8) is 0 Å². The first-order valence-electron chi connectivity index (χ1n) is 6.10. The van der Waals surface area contributed by atoms with Crippen molar-refractivity contribution < 1.29 is 18.0 Å². The zero-order chi connectivity index (χ0) is 15.6. The molecule has 1 aromatic rings. The van der Waals surface area contributed by atoms with Gasteiger partial charge >= 0.3 is 6.18 Å². The SMILES string of the molecule is CC(C)(C)C(CN)NC(=O)c1ccc(C(F)(F)F)cn1.Cl. The minimum atomic E-state index is -4.47. The third kappa shape index (κ3) is 5.51. The fourth-order valence-corrected chi connectivity index (χ4v) is 1.56. The summed E-state index contributed by atoms with van der Waals surface area (Å²) >= 11 is 0. The van der Waals surface area contributed by atoms with Crippen LogP contribution in [0.5, 0.6) is 0 Å². The summed E-state index contributed by atoms with van der Waals surface area (Å²) in [5, 5.41) is 2.67. The van der Waals surface area contributed by atoms with Crippen LogP contribution in [-0.2, 0) is 6.18 Å². The number of hydrogen-bond acceptors (Lipinski definition) is 3. The molecule has 0 aliphatic carbocycles. The normalized spacial score (nSPS) is 13.3. The van der Waals surface area contributed by atoms with Crippen molar-refractivity contribution in [1.29, 1.82) is 0 Å². The minimum absolute atomic E-state index is 0. The molecule has 120 valence electrons. The number of alkyl halides is 3. The Kier molecular flexibility index (Phi) is 6.63. The number of pyridine rings is 1. The molecule has 1 atom stereocenters. The maximum absolute atomic E-state index is 12.4. The van der Waals surface area contributed by atoms with E-state index in [0.29, 0.717) is 6.20 Å². The van der Waals surface area contributed by atoms with Crippen LogP contribution in [0.3, 0.4) is 0 Å². The average molecular weight is 326 g/mol. The van der Waals surface area contributed by atoms with Gasteiger partial charge in [-0.15, -0.1) is 12.4 Å². The summed E-state index contributed by atoms with van der Waals surface area (Å²) in [4.78, 5) is 15.5. The number of hydrogen-bond donors (Lipinski definition) is 2. The molecule has 3 N–H and O–H groups in total. The van der Waals surface area contributed by atoms with Crippen LogP contribution >= 0.6 is 12.4 Å². The second-order valence-electron chi connectivity index (χ2n) is 5.56. The van der Waals surface area contributed by atoms with Crippen LogP contribution in [0, 0.1) is 5.41 Å². The number of nitrogens with zero attached hydrogens (tertiary/aromatic N) is 1. The molecule has 0 aliphatic heterocycles. The molecule has 0 saturated heterocycles. The molecule has 0 spiro atoms. The summed E-state index contributed by atoms with van der Waals surface area (Å²) in [7, 11) is 0. The molecule has 1 heterocycles. The highest BCUT2D eigenvalue weighted by Gasteiger charge is 2.31. The Morgan fingerprint density at radius 3 is 2.24 bits per heavy atom. The molecule has 0 bridgehead atoms. The second-order valence-corrected chi connectivity index (χ2v) is 5.56. The lowest BCUT2D eigenvalue weighted by Crippen LogP contribution is -2.48. The summed E-state index contributed by atoms with van der Waals surface area (Å²) in [6.45, 7) is 5.96. The van der Waals surface area contributed by atoms with E-state index in [9.17, 15) is 18.0 Å². The van der Waals surface area contributed by atoms with Crippen molar-refractivity contribution in [1.82, 2.24) is 10.3 Å². The van der Waals surface area contributed by atoms with Gasteiger partial charge in [0.1, 0.15) is 5.69 Å². The number of halogens is 4. The van der Waals surface area contributed by atoms with E-state index in [2.05, 4.69) is 10.3 Å². The molecule has 8 heteroatoms. The fourth-order valence-electron chi connectivity index (χ4n) is 1.56. The average Bonchev–Trinajstić information content (AvgIpc) is 2.33. The van der Waals surface area contributed by atoms with E-state index < -0.39 is 17.6 Å². The van der Waals surface area contributed by atoms with Crippen LogP contribution < -0.4 is 11.1 Å². The van der Waals surface area contributed by atoms with E-state index >= 15 is 0 Å². The van der Waals surface area contributed by atoms with Crippen LogP contribution in [0.25, 0.3) is 0 Å². The van der Waals surface area contributed by atoms with E-state index in [-0.39, 0.29) is 36.1 Å². The molecule has 1 amide bonds. The Hall–Kier alpha value is -1.34. The van der Waals surface area contributed by atoms with Gasteiger partial charge in [0.25, 0.3) is 5.91 Å². The zero-order valence-electron chi connectivity index (χ0n) is 12.0. The summed E-state index contributed by atoms with van der Waals surface area (Å²) in [6, 6.07) is 1.59. The number of amides is 1. The van der Waals surface area contributed by atoms with Gasteiger partial charge in [0.05, 0.1) is 5.56 Å². The maximum atomic E-state index is 12.4. The zero-order valence-corrected chi connectivity index (χ0v) is 12.8. The van der Waals surface area contributed by atoms with Crippen molar-refractivity contribution >= 4 is 18.3 Å². The molecule has 1 rings (SSSR count). The lowest BCUT2D eigenvalue weighted by atomic mass is 9.86. The number of carbonyl (C=O) groups is 1. The molecular weight excluding hydrogens is 307 g/mol. The fraction of sp³-hybridized carbons (Fsp3) is 0.538. The largest absolute Gasteiger partial charge is 0.417 e. The number of carbonyl (C=O) groups excluding carboxylic acids is 1. The molecule has 1 aromatic heterocycles. The van der Waals surface area contributed by atoms with Crippen molar-refractivity contribution in [2.45, 2.75) is 33.0 Å². The Balaban J connectivity index is 0.00000400. The monoisotopic (exact) mass is 325 g/mol. The van der Waals surface area contributed by atoms with Gasteiger partial charge in [0, 0.05) is 18.8 Å². The smallest absolute Gasteiger partial charge is 0.346 e. The lowest BCUT2D eigenvalue weighted by molar-refractivity contribution is -0.137. The van der Waals surface area contributed by atoms with E-state index in [1.54, 1.807) is 0 Å². The Labute approximate surface area is 127 Å². The van der Waals surface area contributed by atoms with E-state index in [4.69, 9.17) is 5.73 Å². The van der Waals surface area contributed by atoms with Gasteiger partial charge in [-0.1, -0.05) is 20.8 Å². The van der Waals surface area contributed by atoms with Crippen LogP contribution in [0.1, 0.15) is 36.8 Å². The third-order valence-corrected chi connectivity index (χ3v) is 2.91. The quantitative estimate of drug-likeness (QED) is 0.897. The Morgan fingerprint density at radius 2 is 1.90 bits per heavy atom. The first kappa shape index (κ1) is 19.7.